The molecule has 0 amide bonds. The Kier molecular flexibility index (Phi) is 2.53. The molecule has 0 spiro atoms. The van der Waals surface area contributed by atoms with Gasteiger partial charge in [0, 0.05) is 18.5 Å². The highest BCUT2D eigenvalue weighted by Crippen LogP contribution is 2.06. The monoisotopic (exact) mass is 164 g/mol. The number of hydrogen-bond donors (Lipinski definition) is 0. The zero-order chi connectivity index (χ0) is 8.97. The molecule has 1 heterocycles. The normalized spacial score (nSPS) is 10.4. The minimum absolute atomic E-state index is 0.486. The highest BCUT2D eigenvalue weighted by atomic mass is 16.6. The molecule has 1 aromatic rings. The van der Waals surface area contributed by atoms with Gasteiger partial charge in [0.25, 0.3) is 0 Å². The van der Waals surface area contributed by atoms with Gasteiger partial charge >= 0.3 is 0 Å². The fourth-order valence-corrected chi connectivity index (χ4v) is 0.812. The zero-order valence-corrected chi connectivity index (χ0v) is 6.60. The summed E-state index contributed by atoms with van der Waals surface area (Å²) in [5.74, 6) is 0. The maximum atomic E-state index is 9.99. The summed E-state index contributed by atoms with van der Waals surface area (Å²) in [4.78, 5) is 13.4. The maximum absolute atomic E-state index is 9.99. The van der Waals surface area contributed by atoms with E-state index in [0.29, 0.717) is 0 Å². The molecule has 0 bridgehead atoms. The average Bonchev–Trinajstić information content (AvgIpc) is 2.03. The summed E-state index contributed by atoms with van der Waals surface area (Å²) in [6.07, 6.45) is 5.64. The molecule has 0 aromatic carbocycles. The van der Waals surface area contributed by atoms with Crippen molar-refractivity contribution in [1.29, 1.82) is 0 Å². The predicted octanol–water partition coefficient (Wildman–Crippen LogP) is 1.64. The predicted molar refractivity (Wildman–Crippen MR) is 45.0 cm³/mol. The first-order valence-corrected chi connectivity index (χ1v) is 3.42. The molecular formula is C8H8N2O2. The lowest BCUT2D eigenvalue weighted by Crippen LogP contribution is -1.85. The van der Waals surface area contributed by atoms with Crippen molar-refractivity contribution in [3.63, 3.8) is 0 Å². The first-order valence-electron chi connectivity index (χ1n) is 3.42. The molecule has 1 aromatic heterocycles. The molecular weight excluding hydrogens is 156 g/mol. The number of rotatable bonds is 2. The summed E-state index contributed by atoms with van der Waals surface area (Å²) in [5, 5.41) is 9.99. The molecule has 0 aliphatic carbocycles. The lowest BCUT2D eigenvalue weighted by molar-refractivity contribution is -0.400. The van der Waals surface area contributed by atoms with E-state index in [1.165, 1.54) is 6.08 Å². The van der Waals surface area contributed by atoms with Crippen LogP contribution in [0.15, 0.2) is 24.7 Å². The first kappa shape index (κ1) is 8.39. The van der Waals surface area contributed by atoms with Gasteiger partial charge in [-0.2, -0.15) is 0 Å². The second-order valence-corrected chi connectivity index (χ2v) is 2.33. The van der Waals surface area contributed by atoms with Gasteiger partial charge in [-0.15, -0.1) is 0 Å². The van der Waals surface area contributed by atoms with Crippen molar-refractivity contribution in [3.8, 4) is 0 Å². The summed E-state index contributed by atoms with van der Waals surface area (Å²) < 4.78 is 0. The molecule has 0 unspecified atom stereocenters. The van der Waals surface area contributed by atoms with Crippen molar-refractivity contribution in [2.45, 2.75) is 6.92 Å². The van der Waals surface area contributed by atoms with E-state index in [0.717, 1.165) is 17.3 Å². The molecule has 0 fully saturated rings. The molecule has 0 N–H and O–H groups in total. The van der Waals surface area contributed by atoms with E-state index in [1.54, 1.807) is 18.5 Å². The van der Waals surface area contributed by atoms with Gasteiger partial charge in [0.15, 0.2) is 0 Å². The van der Waals surface area contributed by atoms with E-state index in [1.807, 2.05) is 6.92 Å². The topological polar surface area (TPSA) is 56.0 Å². The van der Waals surface area contributed by atoms with E-state index >= 15 is 0 Å². The van der Waals surface area contributed by atoms with Crippen molar-refractivity contribution in [3.05, 3.63) is 45.9 Å². The highest BCUT2D eigenvalue weighted by Gasteiger charge is 1.93. The van der Waals surface area contributed by atoms with Crippen LogP contribution < -0.4 is 0 Å². The fraction of sp³-hybridized carbons (Fsp3) is 0.125. The van der Waals surface area contributed by atoms with Gasteiger partial charge in [0.1, 0.15) is 0 Å². The summed E-state index contributed by atoms with van der Waals surface area (Å²) in [7, 11) is 0. The van der Waals surface area contributed by atoms with Crippen molar-refractivity contribution in [1.82, 2.24) is 4.98 Å². The molecule has 0 aliphatic rings. The molecule has 0 aliphatic heterocycles. The van der Waals surface area contributed by atoms with Gasteiger partial charge in [0.05, 0.1) is 4.92 Å². The first-order chi connectivity index (χ1) is 5.70. The Hall–Kier alpha value is -1.71. The molecule has 1 rings (SSSR count). The van der Waals surface area contributed by atoms with Crippen LogP contribution in [0.4, 0.5) is 0 Å². The van der Waals surface area contributed by atoms with E-state index in [2.05, 4.69) is 4.98 Å². The molecule has 12 heavy (non-hydrogen) atoms. The third-order valence-electron chi connectivity index (χ3n) is 1.44. The van der Waals surface area contributed by atoms with Gasteiger partial charge in [-0.3, -0.25) is 15.1 Å². The molecule has 4 heteroatoms. The van der Waals surface area contributed by atoms with Gasteiger partial charge in [-0.05, 0) is 24.1 Å². The van der Waals surface area contributed by atoms with Crippen molar-refractivity contribution in [2.24, 2.45) is 0 Å². The lowest BCUT2D eigenvalue weighted by atomic mass is 10.1. The second-order valence-electron chi connectivity index (χ2n) is 2.33. The van der Waals surface area contributed by atoms with Crippen LogP contribution in [-0.4, -0.2) is 9.91 Å². The third-order valence-corrected chi connectivity index (χ3v) is 1.44. The summed E-state index contributed by atoms with van der Waals surface area (Å²) in [5.41, 5.74) is 1.75. The number of hydrogen-bond acceptors (Lipinski definition) is 3. The smallest absolute Gasteiger partial charge is 0.235 e. The number of nitro groups is 1. The fourth-order valence-electron chi connectivity index (χ4n) is 0.812. The Balaban J connectivity index is 2.89. The molecule has 0 saturated carbocycles. The van der Waals surface area contributed by atoms with E-state index < -0.39 is 4.92 Å². The Morgan fingerprint density at radius 3 is 3.00 bits per heavy atom. The number of nitrogens with zero attached hydrogens (tertiary/aromatic N) is 2. The largest absolute Gasteiger partial charge is 0.264 e. The van der Waals surface area contributed by atoms with Crippen molar-refractivity contribution >= 4 is 6.08 Å². The van der Waals surface area contributed by atoms with Gasteiger partial charge in [-0.25, -0.2) is 0 Å². The van der Waals surface area contributed by atoms with Crippen LogP contribution in [0.3, 0.4) is 0 Å². The average molecular weight is 164 g/mol. The minimum Gasteiger partial charge on any atom is -0.264 e. The number of aromatic nitrogens is 1. The van der Waals surface area contributed by atoms with Crippen LogP contribution in [0.1, 0.15) is 11.1 Å². The summed E-state index contributed by atoms with van der Waals surface area (Å²) in [6.45, 7) is 1.85. The number of aryl methyl sites for hydroxylation is 1. The van der Waals surface area contributed by atoms with Crippen LogP contribution in [-0.2, 0) is 0 Å². The van der Waals surface area contributed by atoms with Crippen molar-refractivity contribution in [2.75, 3.05) is 0 Å². The van der Waals surface area contributed by atoms with E-state index in [9.17, 15) is 10.1 Å². The second kappa shape index (κ2) is 3.61. The van der Waals surface area contributed by atoms with Gasteiger partial charge in [0.2, 0.25) is 6.20 Å². The molecule has 4 nitrogen and oxygen atoms in total. The van der Waals surface area contributed by atoms with Crippen LogP contribution in [0.25, 0.3) is 6.08 Å². The Morgan fingerprint density at radius 2 is 2.42 bits per heavy atom. The quantitative estimate of drug-likeness (QED) is 0.493. The molecule has 0 atom stereocenters. The van der Waals surface area contributed by atoms with Crippen LogP contribution in [0.2, 0.25) is 0 Å². The van der Waals surface area contributed by atoms with Gasteiger partial charge < -0.3 is 0 Å². The van der Waals surface area contributed by atoms with Crippen LogP contribution in [0, 0.1) is 17.0 Å². The lowest BCUT2D eigenvalue weighted by Gasteiger charge is -1.94. The SMILES string of the molecule is Cc1cnccc1/C=C/[N+](=O)[O-]. The van der Waals surface area contributed by atoms with Crippen molar-refractivity contribution < 1.29 is 4.92 Å². The Labute approximate surface area is 69.7 Å². The number of pyridine rings is 1. The molecule has 0 radical (unpaired) electrons. The standard InChI is InChI=1S/C8H8N2O2/c1-7-6-9-4-2-8(7)3-5-10(11)12/h2-6H,1H3/b5-3+. The Morgan fingerprint density at radius 1 is 1.67 bits per heavy atom. The zero-order valence-electron chi connectivity index (χ0n) is 6.60. The molecule has 62 valence electrons. The third kappa shape index (κ3) is 2.16. The maximum Gasteiger partial charge on any atom is 0.235 e. The highest BCUT2D eigenvalue weighted by molar-refractivity contribution is 5.50. The van der Waals surface area contributed by atoms with E-state index in [4.69, 9.17) is 0 Å². The van der Waals surface area contributed by atoms with Crippen LogP contribution >= 0.6 is 0 Å². The van der Waals surface area contributed by atoms with E-state index in [-0.39, 0.29) is 0 Å². The summed E-state index contributed by atoms with van der Waals surface area (Å²) >= 11 is 0. The molecule has 0 saturated heterocycles. The summed E-state index contributed by atoms with van der Waals surface area (Å²) in [6, 6.07) is 1.73. The minimum atomic E-state index is -0.486. The van der Waals surface area contributed by atoms with Crippen LogP contribution in [0.5, 0.6) is 0 Å². The Bertz CT molecular complexity index is 321. The van der Waals surface area contributed by atoms with Gasteiger partial charge in [-0.1, -0.05) is 0 Å².